The Labute approximate surface area is 200 Å². The van der Waals surface area contributed by atoms with Gasteiger partial charge in [0.05, 0.1) is 12.3 Å². The molecule has 0 bridgehead atoms. The summed E-state index contributed by atoms with van der Waals surface area (Å²) in [6.07, 6.45) is 2.13. The highest BCUT2D eigenvalue weighted by atomic mass is 16.6. The summed E-state index contributed by atoms with van der Waals surface area (Å²) >= 11 is 0. The Morgan fingerprint density at radius 2 is 1.79 bits per heavy atom. The van der Waals surface area contributed by atoms with Gasteiger partial charge in [-0.25, -0.2) is 9.59 Å². The Kier molecular flexibility index (Phi) is 12.4. The van der Waals surface area contributed by atoms with Gasteiger partial charge in [-0.05, 0) is 52.0 Å². The summed E-state index contributed by atoms with van der Waals surface area (Å²) in [5.41, 5.74) is 0.247. The Hall–Kier alpha value is -3.36. The molecule has 9 nitrogen and oxygen atoms in total. The minimum atomic E-state index is -1.17. The second-order valence-corrected chi connectivity index (χ2v) is 8.89. The van der Waals surface area contributed by atoms with E-state index in [2.05, 4.69) is 17.2 Å². The van der Waals surface area contributed by atoms with Crippen molar-refractivity contribution in [1.82, 2.24) is 10.6 Å². The van der Waals surface area contributed by atoms with Crippen molar-refractivity contribution in [3.8, 4) is 0 Å². The fraction of sp³-hybridized carbons (Fsp3) is 0.520. The topological polar surface area (TPSA) is 131 Å². The number of aliphatic carboxylic acids is 1. The Morgan fingerprint density at radius 3 is 2.38 bits per heavy atom. The molecule has 0 spiro atoms. The second-order valence-electron chi connectivity index (χ2n) is 8.89. The lowest BCUT2D eigenvalue weighted by molar-refractivity contribution is -0.146. The van der Waals surface area contributed by atoms with Gasteiger partial charge >= 0.3 is 18.0 Å². The van der Waals surface area contributed by atoms with E-state index in [1.54, 1.807) is 20.8 Å². The Bertz CT molecular complexity index is 818. The summed E-state index contributed by atoms with van der Waals surface area (Å²) in [5.74, 6) is -3.04. The molecule has 0 radical (unpaired) electrons. The molecule has 0 fully saturated rings. The third-order valence-electron chi connectivity index (χ3n) is 4.67. The first-order valence-corrected chi connectivity index (χ1v) is 11.3. The minimum absolute atomic E-state index is 0.0353. The van der Waals surface area contributed by atoms with Crippen LogP contribution in [0.3, 0.4) is 0 Å². The summed E-state index contributed by atoms with van der Waals surface area (Å²) < 4.78 is 10.1. The van der Waals surface area contributed by atoms with Crippen LogP contribution in [-0.2, 0) is 30.3 Å². The highest BCUT2D eigenvalue weighted by Gasteiger charge is 2.27. The molecule has 3 N–H and O–H groups in total. The predicted octanol–water partition coefficient (Wildman–Crippen LogP) is 3.23. The molecule has 0 aliphatic rings. The molecule has 1 rings (SSSR count). The zero-order chi connectivity index (χ0) is 25.6. The number of esters is 1. The minimum Gasteiger partial charge on any atom is -0.480 e. The number of carboxylic acids is 1. The monoisotopic (exact) mass is 476 g/mol. The van der Waals surface area contributed by atoms with Crippen molar-refractivity contribution < 1.29 is 33.8 Å². The van der Waals surface area contributed by atoms with E-state index in [-0.39, 0.29) is 25.9 Å². The molecule has 1 aromatic rings. The fourth-order valence-electron chi connectivity index (χ4n) is 3.09. The van der Waals surface area contributed by atoms with Crippen LogP contribution >= 0.6 is 0 Å². The lowest BCUT2D eigenvalue weighted by Crippen LogP contribution is -2.44. The lowest BCUT2D eigenvalue weighted by Gasteiger charge is -2.21. The van der Waals surface area contributed by atoms with Gasteiger partial charge in [0.2, 0.25) is 5.91 Å². The van der Waals surface area contributed by atoms with E-state index < -0.39 is 41.5 Å². The number of amides is 2. The molecule has 34 heavy (non-hydrogen) atoms. The number of hydrogen-bond donors (Lipinski definition) is 3. The molecule has 0 saturated heterocycles. The van der Waals surface area contributed by atoms with Gasteiger partial charge in [0.25, 0.3) is 0 Å². The van der Waals surface area contributed by atoms with Crippen LogP contribution < -0.4 is 10.6 Å². The SMILES string of the molecule is C=CCOC(=O)C[C@@H](Cc1ccccc1)C(=O)N[C@@H](CCCCNC(=O)OC(C)(C)C)C(=O)O. The molecule has 0 aliphatic carbocycles. The van der Waals surface area contributed by atoms with Gasteiger partial charge < -0.3 is 25.2 Å². The quantitative estimate of drug-likeness (QED) is 0.213. The third-order valence-corrected chi connectivity index (χ3v) is 4.67. The summed E-state index contributed by atoms with van der Waals surface area (Å²) in [6.45, 7) is 9.13. The summed E-state index contributed by atoms with van der Waals surface area (Å²) in [5, 5.41) is 14.7. The first-order valence-electron chi connectivity index (χ1n) is 11.3. The molecule has 0 aromatic heterocycles. The molecule has 0 unspecified atom stereocenters. The van der Waals surface area contributed by atoms with E-state index in [9.17, 15) is 24.3 Å². The smallest absolute Gasteiger partial charge is 0.407 e. The number of carbonyl (C=O) groups excluding carboxylic acids is 3. The predicted molar refractivity (Wildman–Crippen MR) is 127 cm³/mol. The molecule has 0 heterocycles. The van der Waals surface area contributed by atoms with E-state index in [0.29, 0.717) is 19.4 Å². The molecule has 1 aromatic carbocycles. The van der Waals surface area contributed by atoms with Crippen LogP contribution in [-0.4, -0.2) is 53.8 Å². The van der Waals surface area contributed by atoms with Crippen molar-refractivity contribution in [3.63, 3.8) is 0 Å². The first-order chi connectivity index (χ1) is 16.0. The van der Waals surface area contributed by atoms with E-state index in [0.717, 1.165) is 5.56 Å². The molecule has 0 saturated carbocycles. The van der Waals surface area contributed by atoms with Gasteiger partial charge in [-0.1, -0.05) is 43.0 Å². The third kappa shape index (κ3) is 12.6. The van der Waals surface area contributed by atoms with E-state index in [1.165, 1.54) is 6.08 Å². The maximum Gasteiger partial charge on any atom is 0.407 e. The number of nitrogens with one attached hydrogen (secondary N) is 2. The van der Waals surface area contributed by atoms with Crippen LogP contribution in [0, 0.1) is 5.92 Å². The number of carboxylic acid groups (broad SMARTS) is 1. The molecular weight excluding hydrogens is 440 g/mol. The number of benzene rings is 1. The second kappa shape index (κ2) is 14.7. The lowest BCUT2D eigenvalue weighted by atomic mass is 9.94. The fourth-order valence-corrected chi connectivity index (χ4v) is 3.09. The van der Waals surface area contributed by atoms with Crippen molar-refractivity contribution in [3.05, 3.63) is 48.6 Å². The number of rotatable bonds is 14. The van der Waals surface area contributed by atoms with Crippen molar-refractivity contribution in [2.75, 3.05) is 13.2 Å². The number of alkyl carbamates (subject to hydrolysis) is 1. The average molecular weight is 477 g/mol. The van der Waals surface area contributed by atoms with Crippen molar-refractivity contribution in [2.24, 2.45) is 5.92 Å². The maximum absolute atomic E-state index is 12.9. The number of carbonyl (C=O) groups is 4. The largest absolute Gasteiger partial charge is 0.480 e. The first kappa shape index (κ1) is 28.7. The highest BCUT2D eigenvalue weighted by Crippen LogP contribution is 2.15. The van der Waals surface area contributed by atoms with E-state index >= 15 is 0 Å². The zero-order valence-corrected chi connectivity index (χ0v) is 20.2. The number of hydrogen-bond acceptors (Lipinski definition) is 6. The Morgan fingerprint density at radius 1 is 1.12 bits per heavy atom. The van der Waals surface area contributed by atoms with Crippen LogP contribution in [0.4, 0.5) is 4.79 Å². The van der Waals surface area contributed by atoms with Gasteiger partial charge in [0, 0.05) is 6.54 Å². The summed E-state index contributed by atoms with van der Waals surface area (Å²) in [6, 6.07) is 8.05. The standard InChI is InChI=1S/C25H36N2O7/c1-5-15-33-21(28)17-19(16-18-11-7-6-8-12-18)22(29)27-20(23(30)31)13-9-10-14-26-24(32)34-25(2,3)4/h5-8,11-12,19-20H,1,9-10,13-17H2,2-4H3,(H,26,32)(H,27,29)(H,30,31)/t19-,20+/m1/s1. The van der Waals surface area contributed by atoms with E-state index in [4.69, 9.17) is 9.47 Å². The summed E-state index contributed by atoms with van der Waals surface area (Å²) in [4.78, 5) is 48.4. The zero-order valence-electron chi connectivity index (χ0n) is 20.2. The van der Waals surface area contributed by atoms with Crippen molar-refractivity contribution >= 4 is 23.9 Å². The van der Waals surface area contributed by atoms with Crippen LogP contribution in [0.5, 0.6) is 0 Å². The molecule has 2 amide bonds. The van der Waals surface area contributed by atoms with Crippen LogP contribution in [0.15, 0.2) is 43.0 Å². The molecular formula is C25H36N2O7. The van der Waals surface area contributed by atoms with Gasteiger partial charge in [0.15, 0.2) is 0 Å². The molecule has 0 aliphatic heterocycles. The van der Waals surface area contributed by atoms with Gasteiger partial charge in [0.1, 0.15) is 18.2 Å². The van der Waals surface area contributed by atoms with Gasteiger partial charge in [-0.15, -0.1) is 0 Å². The van der Waals surface area contributed by atoms with Crippen LogP contribution in [0.2, 0.25) is 0 Å². The van der Waals surface area contributed by atoms with Crippen molar-refractivity contribution in [2.45, 2.75) is 64.5 Å². The highest BCUT2D eigenvalue weighted by molar-refractivity contribution is 5.87. The number of unbranched alkanes of at least 4 members (excludes halogenated alkanes) is 1. The van der Waals surface area contributed by atoms with Crippen molar-refractivity contribution in [1.29, 1.82) is 0 Å². The van der Waals surface area contributed by atoms with Crippen LogP contribution in [0.1, 0.15) is 52.0 Å². The average Bonchev–Trinajstić information content (AvgIpc) is 2.75. The maximum atomic E-state index is 12.9. The molecule has 188 valence electrons. The van der Waals surface area contributed by atoms with Gasteiger partial charge in [-0.3, -0.25) is 9.59 Å². The molecule has 2 atom stereocenters. The molecule has 9 heteroatoms. The van der Waals surface area contributed by atoms with Gasteiger partial charge in [-0.2, -0.15) is 0 Å². The number of ether oxygens (including phenoxy) is 2. The van der Waals surface area contributed by atoms with E-state index in [1.807, 2.05) is 30.3 Å². The normalized spacial score (nSPS) is 12.7. The summed E-state index contributed by atoms with van der Waals surface area (Å²) in [7, 11) is 0. The Balaban J connectivity index is 2.64. The van der Waals surface area contributed by atoms with Crippen LogP contribution in [0.25, 0.3) is 0 Å².